The molecule has 4 N–H and O–H groups in total. The SMILES string of the molecule is Nc1ccccc1C1(O)CCC(C(=O)O)CC1. The molecule has 0 spiro atoms. The van der Waals surface area contributed by atoms with E-state index in [0.717, 1.165) is 5.56 Å². The number of carboxylic acids is 1. The lowest BCUT2D eigenvalue weighted by Crippen LogP contribution is -2.34. The number of rotatable bonds is 2. The molecule has 0 amide bonds. The predicted molar refractivity (Wildman–Crippen MR) is 64.3 cm³/mol. The van der Waals surface area contributed by atoms with Crippen LogP contribution in [0.4, 0.5) is 5.69 Å². The van der Waals surface area contributed by atoms with Crippen molar-refractivity contribution in [1.82, 2.24) is 0 Å². The average molecular weight is 235 g/mol. The number of hydrogen-bond donors (Lipinski definition) is 3. The Kier molecular flexibility index (Phi) is 3.07. The fourth-order valence-corrected chi connectivity index (χ4v) is 2.53. The minimum Gasteiger partial charge on any atom is -0.481 e. The number of carboxylic acid groups (broad SMARTS) is 1. The van der Waals surface area contributed by atoms with Crippen molar-refractivity contribution in [2.45, 2.75) is 31.3 Å². The van der Waals surface area contributed by atoms with Gasteiger partial charge in [-0.3, -0.25) is 4.79 Å². The van der Waals surface area contributed by atoms with E-state index in [4.69, 9.17) is 10.8 Å². The number of para-hydroxylation sites is 1. The van der Waals surface area contributed by atoms with Crippen LogP contribution in [0.3, 0.4) is 0 Å². The van der Waals surface area contributed by atoms with Crippen molar-refractivity contribution in [1.29, 1.82) is 0 Å². The second kappa shape index (κ2) is 4.37. The van der Waals surface area contributed by atoms with Crippen molar-refractivity contribution >= 4 is 11.7 Å². The quantitative estimate of drug-likeness (QED) is 0.682. The first-order chi connectivity index (χ1) is 8.03. The Bertz CT molecular complexity index is 422. The van der Waals surface area contributed by atoms with Crippen molar-refractivity contribution in [2.24, 2.45) is 5.92 Å². The van der Waals surface area contributed by atoms with Gasteiger partial charge in [-0.1, -0.05) is 18.2 Å². The molecule has 0 aromatic heterocycles. The van der Waals surface area contributed by atoms with Crippen molar-refractivity contribution in [2.75, 3.05) is 5.73 Å². The third-order valence-corrected chi connectivity index (χ3v) is 3.62. The summed E-state index contributed by atoms with van der Waals surface area (Å²) in [6.07, 6.45) is 1.91. The van der Waals surface area contributed by atoms with Crippen LogP contribution in [0.5, 0.6) is 0 Å². The van der Waals surface area contributed by atoms with Gasteiger partial charge in [-0.25, -0.2) is 0 Å². The van der Waals surface area contributed by atoms with Gasteiger partial charge in [0, 0.05) is 11.3 Å². The number of nitrogen functional groups attached to an aromatic ring is 1. The second-order valence-electron chi connectivity index (χ2n) is 4.73. The van der Waals surface area contributed by atoms with Gasteiger partial charge in [-0.2, -0.15) is 0 Å². The lowest BCUT2D eigenvalue weighted by molar-refractivity contribution is -0.144. The molecule has 0 atom stereocenters. The summed E-state index contributed by atoms with van der Waals surface area (Å²) in [4.78, 5) is 10.9. The summed E-state index contributed by atoms with van der Waals surface area (Å²) in [7, 11) is 0. The molecule has 1 aromatic carbocycles. The van der Waals surface area contributed by atoms with Crippen LogP contribution in [0.2, 0.25) is 0 Å². The summed E-state index contributed by atoms with van der Waals surface area (Å²) < 4.78 is 0. The zero-order valence-corrected chi connectivity index (χ0v) is 9.60. The molecule has 2 rings (SSSR count). The van der Waals surface area contributed by atoms with Crippen molar-refractivity contribution in [3.05, 3.63) is 29.8 Å². The Hall–Kier alpha value is -1.55. The fraction of sp³-hybridized carbons (Fsp3) is 0.462. The van der Waals surface area contributed by atoms with Crippen molar-refractivity contribution < 1.29 is 15.0 Å². The molecule has 0 bridgehead atoms. The normalized spacial score (nSPS) is 28.9. The zero-order valence-electron chi connectivity index (χ0n) is 9.60. The standard InChI is InChI=1S/C13H17NO3/c14-11-4-2-1-3-10(11)13(17)7-5-9(6-8-13)12(15)16/h1-4,9,17H,5-8,14H2,(H,15,16). The van der Waals surface area contributed by atoms with Gasteiger partial charge in [-0.15, -0.1) is 0 Å². The Labute approximate surface area is 100 Å². The van der Waals surface area contributed by atoms with Gasteiger partial charge in [0.1, 0.15) is 0 Å². The topological polar surface area (TPSA) is 83.5 Å². The molecule has 0 aliphatic heterocycles. The van der Waals surface area contributed by atoms with E-state index in [-0.39, 0.29) is 5.92 Å². The van der Waals surface area contributed by atoms with E-state index in [9.17, 15) is 9.90 Å². The second-order valence-corrected chi connectivity index (χ2v) is 4.73. The Morgan fingerprint density at radius 1 is 1.29 bits per heavy atom. The number of carbonyl (C=O) groups is 1. The van der Waals surface area contributed by atoms with Crippen LogP contribution in [0.1, 0.15) is 31.2 Å². The van der Waals surface area contributed by atoms with Crippen LogP contribution in [-0.2, 0) is 10.4 Å². The van der Waals surface area contributed by atoms with E-state index in [1.807, 2.05) is 18.2 Å². The Morgan fingerprint density at radius 2 is 1.88 bits per heavy atom. The monoisotopic (exact) mass is 235 g/mol. The van der Waals surface area contributed by atoms with E-state index < -0.39 is 11.6 Å². The van der Waals surface area contributed by atoms with E-state index >= 15 is 0 Å². The van der Waals surface area contributed by atoms with Crippen LogP contribution in [0, 0.1) is 5.92 Å². The molecule has 0 heterocycles. The number of anilines is 1. The molecule has 0 radical (unpaired) electrons. The highest BCUT2D eigenvalue weighted by molar-refractivity contribution is 5.70. The summed E-state index contributed by atoms with van der Waals surface area (Å²) in [5, 5.41) is 19.5. The third-order valence-electron chi connectivity index (χ3n) is 3.62. The number of nitrogens with two attached hydrogens (primary N) is 1. The lowest BCUT2D eigenvalue weighted by Gasteiger charge is -2.35. The highest BCUT2D eigenvalue weighted by Crippen LogP contribution is 2.41. The maximum atomic E-state index is 10.9. The summed E-state index contributed by atoms with van der Waals surface area (Å²) in [5.41, 5.74) is 6.19. The van der Waals surface area contributed by atoms with Crippen LogP contribution in [0.25, 0.3) is 0 Å². The zero-order chi connectivity index (χ0) is 12.5. The Morgan fingerprint density at radius 3 is 2.41 bits per heavy atom. The van der Waals surface area contributed by atoms with Gasteiger partial charge < -0.3 is 15.9 Å². The van der Waals surface area contributed by atoms with Crippen LogP contribution >= 0.6 is 0 Å². The molecule has 1 aromatic rings. The lowest BCUT2D eigenvalue weighted by atomic mass is 9.75. The number of aliphatic hydroxyl groups is 1. The summed E-state index contributed by atoms with van der Waals surface area (Å²) in [5.74, 6) is -1.10. The molecule has 0 saturated heterocycles. The van der Waals surface area contributed by atoms with Crippen molar-refractivity contribution in [3.8, 4) is 0 Å². The fourth-order valence-electron chi connectivity index (χ4n) is 2.53. The van der Waals surface area contributed by atoms with E-state index in [1.54, 1.807) is 6.07 Å². The van der Waals surface area contributed by atoms with Gasteiger partial charge in [0.05, 0.1) is 11.5 Å². The smallest absolute Gasteiger partial charge is 0.306 e. The first-order valence-corrected chi connectivity index (χ1v) is 5.83. The molecule has 17 heavy (non-hydrogen) atoms. The molecule has 4 nitrogen and oxygen atoms in total. The van der Waals surface area contributed by atoms with Gasteiger partial charge >= 0.3 is 5.97 Å². The number of benzene rings is 1. The third kappa shape index (κ3) is 2.26. The largest absolute Gasteiger partial charge is 0.481 e. The minimum atomic E-state index is -0.961. The van der Waals surface area contributed by atoms with E-state index in [0.29, 0.717) is 31.4 Å². The molecule has 1 aliphatic rings. The minimum absolute atomic E-state index is 0.333. The number of aliphatic carboxylic acids is 1. The highest BCUT2D eigenvalue weighted by Gasteiger charge is 2.37. The Balaban J connectivity index is 2.18. The molecule has 0 unspecified atom stereocenters. The van der Waals surface area contributed by atoms with Crippen LogP contribution in [0.15, 0.2) is 24.3 Å². The summed E-state index contributed by atoms with van der Waals surface area (Å²) >= 11 is 0. The number of hydrogen-bond acceptors (Lipinski definition) is 3. The highest BCUT2D eigenvalue weighted by atomic mass is 16.4. The van der Waals surface area contributed by atoms with Crippen LogP contribution < -0.4 is 5.73 Å². The van der Waals surface area contributed by atoms with E-state index in [1.165, 1.54) is 0 Å². The summed E-state index contributed by atoms with van der Waals surface area (Å²) in [6, 6.07) is 7.24. The maximum Gasteiger partial charge on any atom is 0.306 e. The van der Waals surface area contributed by atoms with Gasteiger partial charge in [0.15, 0.2) is 0 Å². The molecular weight excluding hydrogens is 218 g/mol. The first kappa shape index (κ1) is 11.9. The molecular formula is C13H17NO3. The molecule has 92 valence electrons. The predicted octanol–water partition coefficient (Wildman–Crippen LogP) is 1.73. The van der Waals surface area contributed by atoms with Gasteiger partial charge in [-0.05, 0) is 31.7 Å². The van der Waals surface area contributed by atoms with Gasteiger partial charge in [0.25, 0.3) is 0 Å². The maximum absolute atomic E-state index is 10.9. The van der Waals surface area contributed by atoms with E-state index in [2.05, 4.69) is 0 Å². The first-order valence-electron chi connectivity index (χ1n) is 5.83. The van der Waals surface area contributed by atoms with Gasteiger partial charge in [0.2, 0.25) is 0 Å². The van der Waals surface area contributed by atoms with Crippen LogP contribution in [-0.4, -0.2) is 16.2 Å². The summed E-state index contributed by atoms with van der Waals surface area (Å²) in [6.45, 7) is 0. The molecule has 1 fully saturated rings. The molecule has 1 aliphatic carbocycles. The molecule has 4 heteroatoms. The molecule has 1 saturated carbocycles. The average Bonchev–Trinajstić information content (AvgIpc) is 2.30. The van der Waals surface area contributed by atoms with Crippen molar-refractivity contribution in [3.63, 3.8) is 0 Å².